The zero-order valence-corrected chi connectivity index (χ0v) is 64.7. The van der Waals surface area contributed by atoms with Gasteiger partial charge < -0.3 is 18.6 Å². The van der Waals surface area contributed by atoms with Crippen LogP contribution in [0.1, 0.15) is 190 Å². The van der Waals surface area contributed by atoms with Crippen LogP contribution in [0.15, 0.2) is 217 Å². The lowest BCUT2D eigenvalue weighted by molar-refractivity contribution is -0.108. The minimum atomic E-state index is -0.397. The molecule has 13 aromatic rings. The topological polar surface area (TPSA) is 54.0 Å². The number of rotatable bonds is 10. The van der Waals surface area contributed by atoms with Crippen molar-refractivity contribution in [3.8, 4) is 22.3 Å². The lowest BCUT2D eigenvalue weighted by Crippen LogP contribution is -2.41. The Hall–Kier alpha value is -8.72. The van der Waals surface area contributed by atoms with Crippen LogP contribution in [0.4, 0.5) is 0 Å². The van der Waals surface area contributed by atoms with Crippen molar-refractivity contribution in [2.24, 2.45) is 0 Å². The van der Waals surface area contributed by atoms with Crippen LogP contribution in [-0.2, 0) is 23.4 Å². The van der Waals surface area contributed by atoms with Crippen LogP contribution in [0.5, 0.6) is 0 Å². The minimum absolute atomic E-state index is 0.124. The molecule has 13 aromatic carbocycles. The number of fused-ring (bicyclic) bond motifs is 6. The Morgan fingerprint density at radius 3 is 1.10 bits per heavy atom. The molecule has 8 heteroatoms. The number of hydrogen-bond acceptors (Lipinski definition) is 5. The molecular weight excluding hydrogens is 1320 g/mol. The summed E-state index contributed by atoms with van der Waals surface area (Å²) in [4.78, 5) is 14.1. The maximum atomic E-state index is 14.1. The average Bonchev–Trinajstić information content (AvgIpc) is 1.68. The summed E-state index contributed by atoms with van der Waals surface area (Å²) >= 11 is 3.73. The predicted octanol–water partition coefficient (Wildman–Crippen LogP) is 24.6. The van der Waals surface area contributed by atoms with Crippen LogP contribution < -0.4 is 10.9 Å². The van der Waals surface area contributed by atoms with Crippen LogP contribution in [0.3, 0.4) is 0 Å². The van der Waals surface area contributed by atoms with E-state index in [1.807, 2.05) is 24.3 Å². The molecule has 0 unspecified atom stereocenters. The first-order chi connectivity index (χ1) is 49.1. The van der Waals surface area contributed by atoms with Gasteiger partial charge in [0.15, 0.2) is 5.78 Å². The van der Waals surface area contributed by atoms with Crippen molar-refractivity contribution in [1.29, 1.82) is 0 Å². The molecule has 2 fully saturated rings. The second-order valence-corrected chi connectivity index (χ2v) is 33.1. The van der Waals surface area contributed by atoms with Crippen LogP contribution in [0, 0.1) is 13.8 Å². The number of Topliss-reactive ketones (excluding diaryl/α,β-unsaturated/α-hetero) is 1. The summed E-state index contributed by atoms with van der Waals surface area (Å²) in [6.45, 7) is 39.4. The van der Waals surface area contributed by atoms with Crippen LogP contribution >= 0.6 is 15.9 Å². The van der Waals surface area contributed by atoms with Gasteiger partial charge in [-0.05, 0) is 252 Å². The van der Waals surface area contributed by atoms with E-state index in [1.165, 1.54) is 109 Å². The third-order valence-corrected chi connectivity index (χ3v) is 24.2. The minimum Gasteiger partial charge on any atom is -0.399 e. The molecule has 0 amide bonds. The molecule has 2 heterocycles. The molecule has 516 valence electrons. The molecule has 0 N–H and O–H groups in total. The van der Waals surface area contributed by atoms with E-state index in [4.69, 9.17) is 18.6 Å². The number of halogens is 1. The zero-order valence-electron chi connectivity index (χ0n) is 63.1. The summed E-state index contributed by atoms with van der Waals surface area (Å²) < 4.78 is 26.9. The van der Waals surface area contributed by atoms with E-state index in [0.717, 1.165) is 71.1 Å². The number of aryl methyl sites for hydroxylation is 2. The molecule has 103 heavy (non-hydrogen) atoms. The smallest absolute Gasteiger partial charge is 0.399 e. The fraction of sp³-hybridized carbons (Fsp3) is 0.274. The molecule has 2 aliphatic carbocycles. The Morgan fingerprint density at radius 2 is 0.612 bits per heavy atom. The molecule has 0 atom stereocenters. The Bertz CT molecular complexity index is 5500. The quantitative estimate of drug-likeness (QED) is 0.0776. The first-order valence-electron chi connectivity index (χ1n) is 37.1. The summed E-state index contributed by atoms with van der Waals surface area (Å²) in [7, 11) is -0.764. The molecule has 0 radical (unpaired) electrons. The molecule has 0 bridgehead atoms. The number of ketones is 1. The van der Waals surface area contributed by atoms with Gasteiger partial charge >= 0.3 is 14.2 Å². The highest BCUT2D eigenvalue weighted by atomic mass is 79.9. The number of benzene rings is 13. The molecule has 4 aliphatic rings. The SMILES string of the molecule is CC(C)c1cccc(C(C)C)c1-c1ccc(B2OC(C)(C)C(C)(C)O2)c2ccccc12.CC(C)c1cccc(C(C)C)c1-c1ccc2c3ccc(B4OC(C)(C)C(C)(C)O4)c4cccc(c5cccc1c52)c43.Cc1ccccc1C1=C2C(=C(c3ccccc3C)C1=O)c1ccc(Br)c3cccc2c13. The number of carbonyl (C=O) groups excluding carboxylic acids is 1. The highest BCUT2D eigenvalue weighted by Gasteiger charge is 2.53. The average molecular weight is 1420 g/mol. The van der Waals surface area contributed by atoms with E-state index in [1.54, 1.807) is 0 Å². The van der Waals surface area contributed by atoms with Gasteiger partial charge in [-0.25, -0.2) is 0 Å². The second-order valence-electron chi connectivity index (χ2n) is 32.3. The third kappa shape index (κ3) is 11.5. The maximum absolute atomic E-state index is 14.1. The van der Waals surface area contributed by atoms with Gasteiger partial charge in [0.1, 0.15) is 0 Å². The Labute approximate surface area is 618 Å². The number of carbonyl (C=O) groups is 1. The molecule has 17 rings (SSSR count). The Kier molecular flexibility index (Phi) is 17.8. The molecule has 2 saturated heterocycles. The van der Waals surface area contributed by atoms with Crippen LogP contribution in [0.25, 0.3) is 109 Å². The molecule has 0 saturated carbocycles. The van der Waals surface area contributed by atoms with Crippen molar-refractivity contribution in [2.75, 3.05) is 0 Å². The van der Waals surface area contributed by atoms with E-state index in [0.29, 0.717) is 23.7 Å². The largest absolute Gasteiger partial charge is 0.495 e. The van der Waals surface area contributed by atoms with E-state index in [9.17, 15) is 4.79 Å². The van der Waals surface area contributed by atoms with E-state index in [2.05, 4.69) is 329 Å². The highest BCUT2D eigenvalue weighted by Crippen LogP contribution is 2.58. The van der Waals surface area contributed by atoms with Gasteiger partial charge in [0, 0.05) is 26.8 Å². The standard InChI is InChI=1S/C38H39BO2.C29H19BrO.C28H35BO2/c1-22(2)24-12-9-13-25(23(3)4)34(24)29-18-19-30-31-20-21-33(39-40-37(5,6)38(7,8)41-39)32-17-11-16-27(36(31)32)26-14-10-15-28(29)35(26)30;1-16-8-3-5-10-18(16)27-25-21-13-7-12-20-23(30)15-14-22(24(20)21)26(25)28(29(27)31)19-11-6-4-9-17(19)2;1-18(2)20-14-11-15-21(19(3)4)26(20)24-16-17-25(23-13-10-9-12-22(23)24)29-30-27(5,6)28(7,8)31-29/h9-23H,1-8H3;3-15H,1-2H3;9-19H,1-8H3. The Balaban J connectivity index is 0.000000127. The highest BCUT2D eigenvalue weighted by molar-refractivity contribution is 9.10. The van der Waals surface area contributed by atoms with Gasteiger partial charge in [0.25, 0.3) is 0 Å². The normalized spacial score (nSPS) is 16.5. The van der Waals surface area contributed by atoms with Gasteiger partial charge in [-0.1, -0.05) is 278 Å². The molecular formula is C95H93B2BrO5. The van der Waals surface area contributed by atoms with Gasteiger partial charge in [0.2, 0.25) is 0 Å². The van der Waals surface area contributed by atoms with Gasteiger partial charge in [0.05, 0.1) is 22.4 Å². The number of allylic oxidation sites excluding steroid dienone is 4. The van der Waals surface area contributed by atoms with Crippen molar-refractivity contribution < 1.29 is 23.4 Å². The molecule has 0 aromatic heterocycles. The van der Waals surface area contributed by atoms with Crippen LogP contribution in [0.2, 0.25) is 0 Å². The summed E-state index contributed by atoms with van der Waals surface area (Å²) in [5.74, 6) is 1.92. The van der Waals surface area contributed by atoms with E-state index in [-0.39, 0.29) is 35.3 Å². The van der Waals surface area contributed by atoms with Crippen molar-refractivity contribution in [2.45, 2.75) is 171 Å². The summed E-state index contributed by atoms with van der Waals surface area (Å²) in [5.41, 5.74) is 22.2. The summed E-state index contributed by atoms with van der Waals surface area (Å²) in [5, 5.41) is 15.2. The van der Waals surface area contributed by atoms with Crippen molar-refractivity contribution >= 4 is 134 Å². The first kappa shape index (κ1) is 70.0. The lowest BCUT2D eigenvalue weighted by atomic mass is 9.74. The number of hydrogen-bond donors (Lipinski definition) is 0. The fourth-order valence-corrected chi connectivity index (χ4v) is 17.2. The van der Waals surface area contributed by atoms with Crippen LogP contribution in [-0.4, -0.2) is 42.4 Å². The molecule has 5 nitrogen and oxygen atoms in total. The Morgan fingerprint density at radius 1 is 0.291 bits per heavy atom. The molecule has 0 spiro atoms. The van der Waals surface area contributed by atoms with E-state index >= 15 is 0 Å². The summed E-state index contributed by atoms with van der Waals surface area (Å²) in [6.07, 6.45) is 0. The third-order valence-electron chi connectivity index (χ3n) is 23.5. The second kappa shape index (κ2) is 26.2. The summed E-state index contributed by atoms with van der Waals surface area (Å²) in [6, 6.07) is 76.7. The van der Waals surface area contributed by atoms with Gasteiger partial charge in [-0.2, -0.15) is 0 Å². The van der Waals surface area contributed by atoms with Crippen molar-refractivity contribution in [3.63, 3.8) is 0 Å². The van der Waals surface area contributed by atoms with Gasteiger partial charge in [-0.15, -0.1) is 0 Å². The van der Waals surface area contributed by atoms with Crippen molar-refractivity contribution in [1.82, 2.24) is 0 Å². The van der Waals surface area contributed by atoms with Gasteiger partial charge in [-0.3, -0.25) is 4.79 Å². The monoisotopic (exact) mass is 1410 g/mol. The first-order valence-corrected chi connectivity index (χ1v) is 37.9. The fourth-order valence-electron chi connectivity index (χ4n) is 16.7. The van der Waals surface area contributed by atoms with E-state index < -0.39 is 7.12 Å². The predicted molar refractivity (Wildman–Crippen MR) is 443 cm³/mol. The van der Waals surface area contributed by atoms with Crippen molar-refractivity contribution in [3.05, 3.63) is 272 Å². The zero-order chi connectivity index (χ0) is 72.7. The maximum Gasteiger partial charge on any atom is 0.495 e. The lowest BCUT2D eigenvalue weighted by Gasteiger charge is -2.32. The molecule has 2 aliphatic heterocycles.